The van der Waals surface area contributed by atoms with Gasteiger partial charge in [-0.2, -0.15) is 0 Å². The molecule has 0 spiro atoms. The maximum atomic E-state index is 12.6. The van der Waals surface area contributed by atoms with Crippen molar-refractivity contribution in [1.29, 1.82) is 0 Å². The summed E-state index contributed by atoms with van der Waals surface area (Å²) in [6.45, 7) is 0.610. The van der Waals surface area contributed by atoms with Crippen molar-refractivity contribution in [2.24, 2.45) is 0 Å². The van der Waals surface area contributed by atoms with Crippen LogP contribution in [0.25, 0.3) is 0 Å². The topological polar surface area (TPSA) is 62.6 Å². The molecule has 0 unspecified atom stereocenters. The van der Waals surface area contributed by atoms with Gasteiger partial charge in [-0.15, -0.1) is 11.8 Å². The number of amides is 2. The lowest BCUT2D eigenvalue weighted by molar-refractivity contribution is -0.113. The summed E-state index contributed by atoms with van der Waals surface area (Å²) >= 11 is 1.57. The Morgan fingerprint density at radius 1 is 1.07 bits per heavy atom. The van der Waals surface area contributed by atoms with E-state index in [0.29, 0.717) is 23.7 Å². The minimum absolute atomic E-state index is 0.0530. The molecule has 0 radical (unpaired) electrons. The molecule has 1 aliphatic heterocycles. The highest BCUT2D eigenvalue weighted by Crippen LogP contribution is 2.32. The van der Waals surface area contributed by atoms with Crippen LogP contribution in [0.5, 0.6) is 0 Å². The van der Waals surface area contributed by atoms with Crippen LogP contribution >= 0.6 is 11.8 Å². The van der Waals surface area contributed by atoms with Crippen LogP contribution in [0.1, 0.15) is 21.7 Å². The first-order chi connectivity index (χ1) is 13.7. The number of furan rings is 1. The fraction of sp³-hybridized carbons (Fsp3) is 0.182. The third kappa shape index (κ3) is 4.12. The van der Waals surface area contributed by atoms with Gasteiger partial charge in [0.1, 0.15) is 0 Å². The molecule has 1 aromatic heterocycles. The smallest absolute Gasteiger partial charge is 0.293 e. The lowest BCUT2D eigenvalue weighted by Crippen LogP contribution is -2.28. The minimum Gasteiger partial charge on any atom is -0.459 e. The molecule has 2 aromatic carbocycles. The Labute approximate surface area is 167 Å². The van der Waals surface area contributed by atoms with E-state index in [-0.39, 0.29) is 11.8 Å². The summed E-state index contributed by atoms with van der Waals surface area (Å²) in [6.07, 6.45) is 2.29. The summed E-state index contributed by atoms with van der Waals surface area (Å²) in [5.41, 5.74) is 3.82. The highest BCUT2D eigenvalue weighted by molar-refractivity contribution is 7.99. The molecule has 0 aliphatic carbocycles. The molecule has 0 saturated carbocycles. The molecular formula is C22H20N2O3S. The Balaban J connectivity index is 1.38. The number of thioether (sulfide) groups is 1. The van der Waals surface area contributed by atoms with E-state index in [1.807, 2.05) is 36.4 Å². The van der Waals surface area contributed by atoms with Crippen molar-refractivity contribution < 1.29 is 14.0 Å². The van der Waals surface area contributed by atoms with Crippen molar-refractivity contribution >= 4 is 35.0 Å². The number of hydrogen-bond donors (Lipinski definition) is 1. The average Bonchev–Trinajstić information content (AvgIpc) is 3.38. The number of nitrogens with one attached hydrogen (secondary N) is 1. The molecule has 2 heterocycles. The van der Waals surface area contributed by atoms with Crippen molar-refractivity contribution in [3.63, 3.8) is 0 Å². The zero-order chi connectivity index (χ0) is 19.3. The van der Waals surface area contributed by atoms with Gasteiger partial charge in [0.25, 0.3) is 5.91 Å². The number of carbonyl (C=O) groups is 2. The number of rotatable bonds is 6. The summed E-state index contributed by atoms with van der Waals surface area (Å²) in [6, 6.07) is 19.2. The van der Waals surface area contributed by atoms with Gasteiger partial charge in [-0.1, -0.05) is 36.4 Å². The number of fused-ring (bicyclic) bond motifs is 1. The summed E-state index contributed by atoms with van der Waals surface area (Å²) in [4.78, 5) is 26.6. The zero-order valence-electron chi connectivity index (χ0n) is 15.3. The molecule has 2 amide bonds. The van der Waals surface area contributed by atoms with Gasteiger partial charge in [0.15, 0.2) is 5.76 Å². The van der Waals surface area contributed by atoms with Crippen molar-refractivity contribution in [2.45, 2.75) is 12.2 Å². The van der Waals surface area contributed by atoms with Gasteiger partial charge in [0.2, 0.25) is 5.91 Å². The summed E-state index contributed by atoms with van der Waals surface area (Å²) in [5.74, 6) is 1.28. The van der Waals surface area contributed by atoms with Crippen LogP contribution in [-0.2, 0) is 17.0 Å². The fourth-order valence-electron chi connectivity index (χ4n) is 3.23. The van der Waals surface area contributed by atoms with Gasteiger partial charge >= 0.3 is 0 Å². The average molecular weight is 392 g/mol. The Bertz CT molecular complexity index is 971. The van der Waals surface area contributed by atoms with Gasteiger partial charge in [-0.3, -0.25) is 9.59 Å². The number of carbonyl (C=O) groups excluding carboxylic acids is 2. The molecular weight excluding hydrogens is 372 g/mol. The van der Waals surface area contributed by atoms with Crippen LogP contribution < -0.4 is 10.2 Å². The van der Waals surface area contributed by atoms with Crippen LogP contribution in [0, 0.1) is 0 Å². The normalized spacial score (nSPS) is 12.6. The van der Waals surface area contributed by atoms with E-state index < -0.39 is 0 Å². The third-order valence-corrected chi connectivity index (χ3v) is 5.59. The van der Waals surface area contributed by atoms with E-state index in [1.165, 1.54) is 11.8 Å². The second kappa shape index (κ2) is 8.35. The van der Waals surface area contributed by atoms with E-state index in [2.05, 4.69) is 17.4 Å². The Kier molecular flexibility index (Phi) is 5.48. The van der Waals surface area contributed by atoms with E-state index in [4.69, 9.17) is 4.42 Å². The van der Waals surface area contributed by atoms with Gasteiger partial charge in [0, 0.05) is 23.7 Å². The Hall–Kier alpha value is -2.99. The zero-order valence-corrected chi connectivity index (χ0v) is 16.1. The fourth-order valence-corrected chi connectivity index (χ4v) is 4.02. The van der Waals surface area contributed by atoms with Crippen LogP contribution in [0.2, 0.25) is 0 Å². The Morgan fingerprint density at radius 2 is 1.93 bits per heavy atom. The third-order valence-electron chi connectivity index (χ3n) is 4.59. The lowest BCUT2D eigenvalue weighted by atomic mass is 10.1. The molecule has 1 N–H and O–H groups in total. The van der Waals surface area contributed by atoms with E-state index in [1.54, 1.807) is 28.8 Å². The predicted octanol–water partition coefficient (Wildman–Crippen LogP) is 4.35. The number of nitrogens with zero attached hydrogens (tertiary/aromatic N) is 1. The SMILES string of the molecule is O=C(CSCc1ccccc1)Nc1ccc2c(c1)N(C(=O)c1ccco1)CC2. The van der Waals surface area contributed by atoms with E-state index >= 15 is 0 Å². The highest BCUT2D eigenvalue weighted by atomic mass is 32.2. The molecule has 142 valence electrons. The van der Waals surface area contributed by atoms with Crippen LogP contribution in [0.4, 0.5) is 11.4 Å². The Morgan fingerprint density at radius 3 is 2.71 bits per heavy atom. The number of anilines is 2. The first kappa shape index (κ1) is 18.4. The standard InChI is InChI=1S/C22H20N2O3S/c25-21(15-28-14-16-5-2-1-3-6-16)23-18-9-8-17-10-11-24(19(17)13-18)22(26)20-7-4-12-27-20/h1-9,12-13H,10-11,14-15H2,(H,23,25). The molecule has 5 nitrogen and oxygen atoms in total. The van der Waals surface area contributed by atoms with Gasteiger partial charge < -0.3 is 14.6 Å². The summed E-state index contributed by atoms with van der Waals surface area (Å²) in [7, 11) is 0. The lowest BCUT2D eigenvalue weighted by Gasteiger charge is -2.17. The quantitative estimate of drug-likeness (QED) is 0.677. The molecule has 0 atom stereocenters. The monoisotopic (exact) mass is 392 g/mol. The van der Waals surface area contributed by atoms with E-state index in [9.17, 15) is 9.59 Å². The van der Waals surface area contributed by atoms with Crippen molar-refractivity contribution in [3.8, 4) is 0 Å². The maximum absolute atomic E-state index is 12.6. The molecule has 6 heteroatoms. The van der Waals surface area contributed by atoms with Gasteiger partial charge in [-0.25, -0.2) is 0 Å². The largest absolute Gasteiger partial charge is 0.459 e. The maximum Gasteiger partial charge on any atom is 0.293 e. The van der Waals surface area contributed by atoms with Gasteiger partial charge in [0.05, 0.1) is 12.0 Å². The first-order valence-electron chi connectivity index (χ1n) is 9.10. The first-order valence-corrected chi connectivity index (χ1v) is 10.3. The van der Waals surface area contributed by atoms with Crippen molar-refractivity contribution in [1.82, 2.24) is 0 Å². The minimum atomic E-state index is -0.161. The molecule has 0 fully saturated rings. The predicted molar refractivity (Wildman–Crippen MR) is 112 cm³/mol. The number of benzene rings is 2. The summed E-state index contributed by atoms with van der Waals surface area (Å²) < 4.78 is 5.23. The second-order valence-corrected chi connectivity index (χ2v) is 7.54. The molecule has 1 aliphatic rings. The highest BCUT2D eigenvalue weighted by Gasteiger charge is 2.27. The number of hydrogen-bond acceptors (Lipinski definition) is 4. The summed E-state index contributed by atoms with van der Waals surface area (Å²) in [5, 5.41) is 2.93. The van der Waals surface area contributed by atoms with Crippen LogP contribution in [0.15, 0.2) is 71.3 Å². The molecule has 28 heavy (non-hydrogen) atoms. The molecule has 4 rings (SSSR count). The molecule has 0 saturated heterocycles. The van der Waals surface area contributed by atoms with E-state index in [0.717, 1.165) is 23.4 Å². The van der Waals surface area contributed by atoms with Crippen molar-refractivity contribution in [3.05, 3.63) is 83.8 Å². The van der Waals surface area contributed by atoms with Gasteiger partial charge in [-0.05, 0) is 41.8 Å². The molecule has 3 aromatic rings. The van der Waals surface area contributed by atoms with Crippen LogP contribution in [0.3, 0.4) is 0 Å². The second-order valence-electron chi connectivity index (χ2n) is 6.55. The van der Waals surface area contributed by atoms with Crippen molar-refractivity contribution in [2.75, 3.05) is 22.5 Å². The molecule has 0 bridgehead atoms. The van der Waals surface area contributed by atoms with Crippen LogP contribution in [-0.4, -0.2) is 24.1 Å².